The van der Waals surface area contributed by atoms with E-state index in [2.05, 4.69) is 14.9 Å². The van der Waals surface area contributed by atoms with Crippen LogP contribution in [0, 0.1) is 5.82 Å². The summed E-state index contributed by atoms with van der Waals surface area (Å²) in [5, 5.41) is 0. The number of furan rings is 1. The molecule has 0 radical (unpaired) electrons. The van der Waals surface area contributed by atoms with Gasteiger partial charge in [-0.05, 0) is 24.3 Å². The van der Waals surface area contributed by atoms with Crippen molar-refractivity contribution in [3.8, 4) is 17.3 Å². The van der Waals surface area contributed by atoms with Crippen molar-refractivity contribution in [1.82, 2.24) is 14.9 Å². The van der Waals surface area contributed by atoms with Crippen LogP contribution in [0.3, 0.4) is 0 Å². The molecule has 3 aromatic rings. The van der Waals surface area contributed by atoms with Gasteiger partial charge in [0.1, 0.15) is 11.6 Å². The molecule has 0 atom stereocenters. The third kappa shape index (κ3) is 3.13. The molecule has 0 aliphatic carbocycles. The van der Waals surface area contributed by atoms with Crippen LogP contribution in [0.2, 0.25) is 0 Å². The molecule has 1 aliphatic rings. The second-order valence-electron chi connectivity index (χ2n) is 6.02. The average Bonchev–Trinajstić information content (AvgIpc) is 3.17. The zero-order valence-corrected chi connectivity index (χ0v) is 13.9. The fourth-order valence-corrected chi connectivity index (χ4v) is 3.14. The Balaban J connectivity index is 1.54. The molecule has 0 N–H and O–H groups in total. The lowest BCUT2D eigenvalue weighted by Gasteiger charge is -2.28. The van der Waals surface area contributed by atoms with E-state index >= 15 is 0 Å². The van der Waals surface area contributed by atoms with Gasteiger partial charge in [0, 0.05) is 43.4 Å². The van der Waals surface area contributed by atoms with Crippen LogP contribution in [0.4, 0.5) is 4.39 Å². The minimum atomic E-state index is -0.241. The number of halogens is 1. The van der Waals surface area contributed by atoms with Crippen molar-refractivity contribution < 1.29 is 13.5 Å². The first-order valence-corrected chi connectivity index (χ1v) is 8.17. The van der Waals surface area contributed by atoms with Crippen molar-refractivity contribution in [3.63, 3.8) is 0 Å². The van der Waals surface area contributed by atoms with Gasteiger partial charge in [-0.1, -0.05) is 6.07 Å². The van der Waals surface area contributed by atoms with Gasteiger partial charge in [-0.2, -0.15) is 0 Å². The number of ether oxygens (including phenoxy) is 1. The number of rotatable bonds is 4. The third-order valence-corrected chi connectivity index (χ3v) is 4.43. The summed E-state index contributed by atoms with van der Waals surface area (Å²) in [6, 6.07) is 8.58. The summed E-state index contributed by atoms with van der Waals surface area (Å²) in [6.45, 7) is 1.99. The van der Waals surface area contributed by atoms with Gasteiger partial charge in [0.05, 0.1) is 19.1 Å². The highest BCUT2D eigenvalue weighted by atomic mass is 19.1. The van der Waals surface area contributed by atoms with E-state index in [1.165, 1.54) is 6.07 Å². The van der Waals surface area contributed by atoms with Gasteiger partial charge in [0.2, 0.25) is 0 Å². The van der Waals surface area contributed by atoms with Gasteiger partial charge in [-0.25, -0.2) is 14.4 Å². The Kier molecular flexibility index (Phi) is 4.19. The predicted molar refractivity (Wildman–Crippen MR) is 90.5 cm³/mol. The minimum absolute atomic E-state index is 0.241. The Morgan fingerprint density at radius 3 is 3.00 bits per heavy atom. The van der Waals surface area contributed by atoms with E-state index in [1.54, 1.807) is 25.5 Å². The van der Waals surface area contributed by atoms with Crippen molar-refractivity contribution in [2.75, 3.05) is 13.7 Å². The fourth-order valence-electron chi connectivity index (χ4n) is 3.14. The number of methoxy groups -OCH3 is 1. The molecule has 4 rings (SSSR count). The maximum Gasteiger partial charge on any atom is 0.195 e. The molecule has 6 heteroatoms. The molecule has 2 aromatic heterocycles. The number of fused-ring (bicyclic) bond motifs is 1. The highest BCUT2D eigenvalue weighted by molar-refractivity contribution is 5.47. The predicted octanol–water partition coefficient (Wildman–Crippen LogP) is 3.44. The van der Waals surface area contributed by atoms with E-state index in [0.717, 1.165) is 24.2 Å². The van der Waals surface area contributed by atoms with Crippen molar-refractivity contribution in [2.24, 2.45) is 0 Å². The molecule has 0 bridgehead atoms. The Morgan fingerprint density at radius 2 is 2.20 bits per heavy atom. The fraction of sp³-hybridized carbons (Fsp3) is 0.263. The molecule has 128 valence electrons. The maximum absolute atomic E-state index is 14.2. The minimum Gasteiger partial charge on any atom is -0.496 e. The van der Waals surface area contributed by atoms with E-state index in [-0.39, 0.29) is 5.82 Å². The molecule has 0 saturated carbocycles. The first-order valence-electron chi connectivity index (χ1n) is 8.17. The summed E-state index contributed by atoms with van der Waals surface area (Å²) < 4.78 is 24.8. The lowest BCUT2D eigenvalue weighted by molar-refractivity contribution is 0.235. The summed E-state index contributed by atoms with van der Waals surface area (Å²) in [5.74, 6) is 1.61. The van der Waals surface area contributed by atoms with E-state index < -0.39 is 0 Å². The van der Waals surface area contributed by atoms with Gasteiger partial charge >= 0.3 is 0 Å². The second kappa shape index (κ2) is 6.64. The van der Waals surface area contributed by atoms with Crippen LogP contribution < -0.4 is 4.74 Å². The Labute approximate surface area is 145 Å². The van der Waals surface area contributed by atoms with E-state index in [4.69, 9.17) is 9.15 Å². The SMILES string of the molecule is COc1cccc(F)c1CN1CCc2nc(-c3ccco3)ncc2C1. The van der Waals surface area contributed by atoms with Crippen LogP contribution in [0.5, 0.6) is 5.75 Å². The lowest BCUT2D eigenvalue weighted by Crippen LogP contribution is -2.31. The molecule has 1 aliphatic heterocycles. The van der Waals surface area contributed by atoms with Crippen molar-refractivity contribution in [3.05, 3.63) is 65.4 Å². The number of hydrogen-bond acceptors (Lipinski definition) is 5. The van der Waals surface area contributed by atoms with E-state index in [1.807, 2.05) is 18.3 Å². The molecule has 3 heterocycles. The van der Waals surface area contributed by atoms with E-state index in [9.17, 15) is 4.39 Å². The quantitative estimate of drug-likeness (QED) is 0.729. The zero-order chi connectivity index (χ0) is 17.2. The number of benzene rings is 1. The van der Waals surface area contributed by atoms with Crippen LogP contribution in [0.15, 0.2) is 47.2 Å². The highest BCUT2D eigenvalue weighted by Gasteiger charge is 2.21. The summed E-state index contributed by atoms with van der Waals surface area (Å²) in [7, 11) is 1.56. The molecule has 0 spiro atoms. The Hall–Kier alpha value is -2.73. The number of hydrogen-bond donors (Lipinski definition) is 0. The average molecular weight is 339 g/mol. The van der Waals surface area contributed by atoms with Crippen LogP contribution in [-0.4, -0.2) is 28.5 Å². The van der Waals surface area contributed by atoms with Crippen LogP contribution in [0.25, 0.3) is 11.6 Å². The molecule has 0 unspecified atom stereocenters. The molecule has 1 aromatic carbocycles. The van der Waals surface area contributed by atoms with Crippen LogP contribution in [0.1, 0.15) is 16.8 Å². The van der Waals surface area contributed by atoms with Crippen molar-refractivity contribution in [2.45, 2.75) is 19.5 Å². The van der Waals surface area contributed by atoms with E-state index in [0.29, 0.717) is 36.0 Å². The first kappa shape index (κ1) is 15.8. The monoisotopic (exact) mass is 339 g/mol. The number of nitrogens with zero attached hydrogens (tertiary/aromatic N) is 3. The zero-order valence-electron chi connectivity index (χ0n) is 13.9. The highest BCUT2D eigenvalue weighted by Crippen LogP contribution is 2.26. The Bertz CT molecular complexity index is 880. The normalized spacial score (nSPS) is 14.3. The topological polar surface area (TPSA) is 51.4 Å². The van der Waals surface area contributed by atoms with Crippen molar-refractivity contribution in [1.29, 1.82) is 0 Å². The smallest absolute Gasteiger partial charge is 0.195 e. The van der Waals surface area contributed by atoms with Gasteiger partial charge in [0.15, 0.2) is 11.6 Å². The Morgan fingerprint density at radius 1 is 1.28 bits per heavy atom. The summed E-state index contributed by atoms with van der Waals surface area (Å²) in [5.41, 5.74) is 2.68. The largest absolute Gasteiger partial charge is 0.496 e. The number of aromatic nitrogens is 2. The first-order chi connectivity index (χ1) is 12.2. The lowest BCUT2D eigenvalue weighted by atomic mass is 10.1. The van der Waals surface area contributed by atoms with Crippen LogP contribution in [-0.2, 0) is 19.5 Å². The maximum atomic E-state index is 14.2. The molecular formula is C19H18FN3O2. The van der Waals surface area contributed by atoms with Gasteiger partial charge in [-0.15, -0.1) is 0 Å². The summed E-state index contributed by atoms with van der Waals surface area (Å²) >= 11 is 0. The molecule has 0 fully saturated rings. The molecule has 0 amide bonds. The molecule has 0 saturated heterocycles. The molecular weight excluding hydrogens is 321 g/mol. The standard InChI is InChI=1S/C19H18FN3O2/c1-24-17-5-2-4-15(20)14(17)12-23-8-7-16-13(11-23)10-21-19(22-16)18-6-3-9-25-18/h2-6,9-10H,7-8,11-12H2,1H3. The van der Waals surface area contributed by atoms with Gasteiger partial charge < -0.3 is 9.15 Å². The van der Waals surface area contributed by atoms with Gasteiger partial charge in [-0.3, -0.25) is 4.90 Å². The molecule has 25 heavy (non-hydrogen) atoms. The van der Waals surface area contributed by atoms with Gasteiger partial charge in [0.25, 0.3) is 0 Å². The summed E-state index contributed by atoms with van der Waals surface area (Å²) in [6.07, 6.45) is 4.24. The van der Waals surface area contributed by atoms with Crippen LogP contribution >= 0.6 is 0 Å². The van der Waals surface area contributed by atoms with Crippen molar-refractivity contribution >= 4 is 0 Å². The molecule has 5 nitrogen and oxygen atoms in total. The second-order valence-corrected chi connectivity index (χ2v) is 6.02. The summed E-state index contributed by atoms with van der Waals surface area (Å²) in [4.78, 5) is 11.2. The third-order valence-electron chi connectivity index (χ3n) is 4.43.